The molecule has 0 aliphatic heterocycles. The number of hydrogen-bond donors (Lipinski definition) is 0. The average Bonchev–Trinajstić information content (AvgIpc) is 2.62. The van der Waals surface area contributed by atoms with E-state index >= 15 is 0 Å². The standard InChI is InChI=1S/C20H24ClFN2O2S/c1-14(20(25)26-23(2)3)24(4)12-15-5-7-16(8-6-15)13-27-17-9-10-19(22)18(21)11-17/h5-11,14H,12-13H2,1-4H3. The molecule has 4 nitrogen and oxygen atoms in total. The molecule has 146 valence electrons. The van der Waals surface area contributed by atoms with Gasteiger partial charge in [-0.15, -0.1) is 16.8 Å². The van der Waals surface area contributed by atoms with E-state index in [0.717, 1.165) is 21.8 Å². The van der Waals surface area contributed by atoms with Gasteiger partial charge in [-0.05, 0) is 43.3 Å². The lowest BCUT2D eigenvalue weighted by atomic mass is 10.1. The highest BCUT2D eigenvalue weighted by atomic mass is 35.5. The molecule has 2 aromatic rings. The summed E-state index contributed by atoms with van der Waals surface area (Å²) in [6.45, 7) is 2.47. The third kappa shape index (κ3) is 6.81. The molecule has 27 heavy (non-hydrogen) atoms. The van der Waals surface area contributed by atoms with Crippen LogP contribution in [0.2, 0.25) is 5.02 Å². The maximum Gasteiger partial charge on any atom is 0.341 e. The quantitative estimate of drug-likeness (QED) is 0.468. The zero-order valence-corrected chi connectivity index (χ0v) is 17.5. The van der Waals surface area contributed by atoms with Gasteiger partial charge in [0.2, 0.25) is 0 Å². The lowest BCUT2D eigenvalue weighted by molar-refractivity contribution is -0.183. The second-order valence-electron chi connectivity index (χ2n) is 6.49. The molecule has 0 radical (unpaired) electrons. The summed E-state index contributed by atoms with van der Waals surface area (Å²) >= 11 is 7.41. The molecule has 0 amide bonds. The van der Waals surface area contributed by atoms with Gasteiger partial charge in [-0.1, -0.05) is 35.9 Å². The van der Waals surface area contributed by atoms with Crippen LogP contribution in [-0.4, -0.2) is 43.1 Å². The minimum absolute atomic E-state index is 0.139. The van der Waals surface area contributed by atoms with Gasteiger partial charge < -0.3 is 4.84 Å². The molecule has 1 atom stereocenters. The van der Waals surface area contributed by atoms with Gasteiger partial charge in [0.15, 0.2) is 0 Å². The number of likely N-dealkylation sites (N-methyl/N-ethyl adjacent to an activating group) is 1. The molecular weight excluding hydrogens is 387 g/mol. The highest BCUT2D eigenvalue weighted by Gasteiger charge is 2.20. The second kappa shape index (κ2) is 10.1. The molecule has 0 saturated carbocycles. The molecule has 1 unspecified atom stereocenters. The molecule has 7 heteroatoms. The van der Waals surface area contributed by atoms with Gasteiger partial charge in [0.05, 0.1) is 5.02 Å². The van der Waals surface area contributed by atoms with Crippen LogP contribution in [0.4, 0.5) is 4.39 Å². The Morgan fingerprint density at radius 1 is 1.15 bits per heavy atom. The van der Waals surface area contributed by atoms with Crippen molar-refractivity contribution in [3.05, 3.63) is 64.4 Å². The van der Waals surface area contributed by atoms with Crippen LogP contribution in [0.15, 0.2) is 47.4 Å². The molecule has 0 aromatic heterocycles. The van der Waals surface area contributed by atoms with E-state index in [1.807, 2.05) is 31.0 Å². The van der Waals surface area contributed by atoms with Crippen LogP contribution in [0, 0.1) is 5.82 Å². The van der Waals surface area contributed by atoms with E-state index in [2.05, 4.69) is 12.1 Å². The predicted molar refractivity (Wildman–Crippen MR) is 108 cm³/mol. The monoisotopic (exact) mass is 410 g/mol. The van der Waals surface area contributed by atoms with Crippen LogP contribution in [0.25, 0.3) is 0 Å². The lowest BCUT2D eigenvalue weighted by Gasteiger charge is -2.24. The van der Waals surface area contributed by atoms with Crippen molar-refractivity contribution in [3.63, 3.8) is 0 Å². The van der Waals surface area contributed by atoms with Crippen LogP contribution in [0.5, 0.6) is 0 Å². The van der Waals surface area contributed by atoms with E-state index in [9.17, 15) is 9.18 Å². The minimum Gasteiger partial charge on any atom is -0.367 e. The molecule has 0 aliphatic rings. The third-order valence-corrected chi connectivity index (χ3v) is 5.38. The van der Waals surface area contributed by atoms with Crippen LogP contribution in [0.1, 0.15) is 18.1 Å². The first kappa shape index (κ1) is 21.7. The summed E-state index contributed by atoms with van der Waals surface area (Å²) in [5.74, 6) is 0.0792. The largest absolute Gasteiger partial charge is 0.367 e. The third-order valence-electron chi connectivity index (χ3n) is 4.03. The van der Waals surface area contributed by atoms with E-state index < -0.39 is 5.82 Å². The summed E-state index contributed by atoms with van der Waals surface area (Å²) in [6, 6.07) is 12.6. The zero-order chi connectivity index (χ0) is 20.0. The van der Waals surface area contributed by atoms with E-state index in [-0.39, 0.29) is 17.0 Å². The normalized spacial score (nSPS) is 12.4. The second-order valence-corrected chi connectivity index (χ2v) is 7.95. The molecule has 0 saturated heterocycles. The SMILES string of the molecule is CC(C(=O)ON(C)C)N(C)Cc1ccc(CSc2ccc(F)c(Cl)c2)cc1. The van der Waals surface area contributed by atoms with Gasteiger partial charge in [-0.25, -0.2) is 9.18 Å². The summed E-state index contributed by atoms with van der Waals surface area (Å²) in [5, 5.41) is 1.54. The molecule has 2 rings (SSSR count). The van der Waals surface area contributed by atoms with Crippen molar-refractivity contribution in [2.45, 2.75) is 30.2 Å². The number of hydroxylamine groups is 2. The smallest absolute Gasteiger partial charge is 0.341 e. The van der Waals surface area contributed by atoms with E-state index in [4.69, 9.17) is 16.4 Å². The summed E-state index contributed by atoms with van der Waals surface area (Å²) in [7, 11) is 5.26. The van der Waals surface area contributed by atoms with Crippen LogP contribution in [0.3, 0.4) is 0 Å². The summed E-state index contributed by atoms with van der Waals surface area (Å²) in [5.41, 5.74) is 2.27. The van der Waals surface area contributed by atoms with Gasteiger partial charge in [0.25, 0.3) is 0 Å². The molecule has 0 heterocycles. The number of benzene rings is 2. The fourth-order valence-electron chi connectivity index (χ4n) is 2.34. The first-order chi connectivity index (χ1) is 12.8. The van der Waals surface area contributed by atoms with Crippen molar-refractivity contribution in [3.8, 4) is 0 Å². The number of rotatable bonds is 8. The molecule has 0 N–H and O–H groups in total. The Bertz CT molecular complexity index is 771. The minimum atomic E-state index is -0.404. The molecule has 0 bridgehead atoms. The average molecular weight is 411 g/mol. The Balaban J connectivity index is 1.88. The maximum absolute atomic E-state index is 13.2. The highest BCUT2D eigenvalue weighted by Crippen LogP contribution is 2.27. The number of halogens is 2. The molecule has 0 aliphatic carbocycles. The predicted octanol–water partition coefficient (Wildman–Crippen LogP) is 4.61. The number of carbonyl (C=O) groups excluding carboxylic acids is 1. The van der Waals surface area contributed by atoms with Gasteiger partial charge in [-0.3, -0.25) is 4.90 Å². The van der Waals surface area contributed by atoms with Gasteiger partial charge in [0, 0.05) is 31.3 Å². The van der Waals surface area contributed by atoms with Crippen molar-refractivity contribution in [1.82, 2.24) is 9.96 Å². The summed E-state index contributed by atoms with van der Waals surface area (Å²) in [4.78, 5) is 19.9. The van der Waals surface area contributed by atoms with E-state index in [1.54, 1.807) is 38.0 Å². The topological polar surface area (TPSA) is 32.8 Å². The Hall–Kier alpha value is -1.60. The Morgan fingerprint density at radius 2 is 1.78 bits per heavy atom. The zero-order valence-electron chi connectivity index (χ0n) is 15.9. The molecule has 0 spiro atoms. The van der Waals surface area contributed by atoms with Crippen molar-refractivity contribution in [2.75, 3.05) is 21.1 Å². The van der Waals surface area contributed by atoms with Crippen molar-refractivity contribution in [1.29, 1.82) is 0 Å². The van der Waals surface area contributed by atoms with Crippen molar-refractivity contribution < 1.29 is 14.0 Å². The van der Waals surface area contributed by atoms with E-state index in [0.29, 0.717) is 6.54 Å². The Kier molecular flexibility index (Phi) is 8.10. The van der Waals surface area contributed by atoms with Crippen molar-refractivity contribution >= 4 is 29.3 Å². The van der Waals surface area contributed by atoms with E-state index in [1.165, 1.54) is 11.1 Å². The summed E-state index contributed by atoms with van der Waals surface area (Å²) < 4.78 is 13.2. The Morgan fingerprint density at radius 3 is 2.37 bits per heavy atom. The molecule has 2 aromatic carbocycles. The van der Waals surface area contributed by atoms with Crippen LogP contribution < -0.4 is 0 Å². The maximum atomic E-state index is 13.2. The number of thioether (sulfide) groups is 1. The first-order valence-corrected chi connectivity index (χ1v) is 9.87. The summed E-state index contributed by atoms with van der Waals surface area (Å²) in [6.07, 6.45) is 0. The van der Waals surface area contributed by atoms with Crippen LogP contribution >= 0.6 is 23.4 Å². The fraction of sp³-hybridized carbons (Fsp3) is 0.350. The number of carbonyl (C=O) groups is 1. The first-order valence-electron chi connectivity index (χ1n) is 8.51. The van der Waals surface area contributed by atoms with Gasteiger partial charge in [-0.2, -0.15) is 0 Å². The molecule has 0 fully saturated rings. The number of hydrogen-bond acceptors (Lipinski definition) is 5. The fourth-order valence-corrected chi connectivity index (χ4v) is 3.47. The Labute approximate surface area is 169 Å². The van der Waals surface area contributed by atoms with Gasteiger partial charge in [0.1, 0.15) is 11.9 Å². The van der Waals surface area contributed by atoms with Crippen molar-refractivity contribution in [2.24, 2.45) is 0 Å². The number of nitrogens with zero attached hydrogens (tertiary/aromatic N) is 2. The van der Waals surface area contributed by atoms with Crippen LogP contribution in [-0.2, 0) is 21.9 Å². The van der Waals surface area contributed by atoms with Gasteiger partial charge >= 0.3 is 5.97 Å². The lowest BCUT2D eigenvalue weighted by Crippen LogP contribution is -2.38. The molecular formula is C20H24ClFN2O2S. The highest BCUT2D eigenvalue weighted by molar-refractivity contribution is 7.98.